The third kappa shape index (κ3) is 7.97. The van der Waals surface area contributed by atoms with E-state index < -0.39 is 15.6 Å². The number of para-hydroxylation sites is 1. The molecular weight excluding hydrogens is 477 g/mol. The Labute approximate surface area is 178 Å². The highest BCUT2D eigenvalue weighted by Crippen LogP contribution is 2.16. The van der Waals surface area contributed by atoms with Gasteiger partial charge in [0.25, 0.3) is 0 Å². The van der Waals surface area contributed by atoms with Gasteiger partial charge in [0.2, 0.25) is 10.0 Å². The smallest absolute Gasteiger partial charge is 0.209 e. The molecule has 1 aromatic carbocycles. The van der Waals surface area contributed by atoms with Crippen LogP contribution >= 0.6 is 24.0 Å². The van der Waals surface area contributed by atoms with Crippen molar-refractivity contribution >= 4 is 50.9 Å². The first-order valence-corrected chi connectivity index (χ1v) is 10.4. The summed E-state index contributed by atoms with van der Waals surface area (Å²) in [6.45, 7) is 7.24. The predicted molar refractivity (Wildman–Crippen MR) is 122 cm³/mol. The lowest BCUT2D eigenvalue weighted by Gasteiger charge is -2.26. The quantitative estimate of drug-likeness (QED) is 0.305. The Hall–Kier alpha value is -1.46. The number of aromatic nitrogens is 1. The largest absolute Gasteiger partial charge is 0.357 e. The Morgan fingerprint density at radius 2 is 1.89 bits per heavy atom. The van der Waals surface area contributed by atoms with Gasteiger partial charge in [-0.25, -0.2) is 18.1 Å². The van der Waals surface area contributed by atoms with Crippen LogP contribution in [-0.4, -0.2) is 44.2 Å². The molecule has 150 valence electrons. The summed E-state index contributed by atoms with van der Waals surface area (Å²) in [5.74, 6) is 0.636. The van der Waals surface area contributed by atoms with E-state index in [0.29, 0.717) is 25.6 Å². The summed E-state index contributed by atoms with van der Waals surface area (Å²) in [5.41, 5.74) is 1.39. The van der Waals surface area contributed by atoms with Crippen LogP contribution in [0.5, 0.6) is 0 Å². The van der Waals surface area contributed by atoms with Crippen molar-refractivity contribution in [2.45, 2.75) is 32.9 Å². The van der Waals surface area contributed by atoms with Crippen LogP contribution in [0.1, 0.15) is 26.3 Å². The zero-order chi connectivity index (χ0) is 19.2. The molecule has 9 heteroatoms. The minimum Gasteiger partial charge on any atom is -0.357 e. The monoisotopic (exact) mass is 505 g/mol. The fourth-order valence-electron chi connectivity index (χ4n) is 2.64. The molecule has 2 aromatic rings. The highest BCUT2D eigenvalue weighted by molar-refractivity contribution is 14.0. The van der Waals surface area contributed by atoms with E-state index in [9.17, 15) is 8.42 Å². The SMILES string of the molecule is CCNC(=NCc1ccnc2ccccc12)NCC(C)(C)NS(C)(=O)=O.I. The van der Waals surface area contributed by atoms with Crippen molar-refractivity contribution in [1.29, 1.82) is 0 Å². The van der Waals surface area contributed by atoms with Crippen molar-refractivity contribution < 1.29 is 8.42 Å². The summed E-state index contributed by atoms with van der Waals surface area (Å²) < 4.78 is 25.5. The first kappa shape index (κ1) is 23.6. The van der Waals surface area contributed by atoms with E-state index in [2.05, 4.69) is 25.3 Å². The van der Waals surface area contributed by atoms with Crippen LogP contribution in [0.4, 0.5) is 0 Å². The normalized spacial score (nSPS) is 12.5. The summed E-state index contributed by atoms with van der Waals surface area (Å²) in [7, 11) is -3.28. The van der Waals surface area contributed by atoms with Crippen LogP contribution in [0.25, 0.3) is 10.9 Å². The molecule has 3 N–H and O–H groups in total. The number of fused-ring (bicyclic) bond motifs is 1. The molecule has 27 heavy (non-hydrogen) atoms. The molecule has 0 saturated heterocycles. The highest BCUT2D eigenvalue weighted by Gasteiger charge is 2.22. The van der Waals surface area contributed by atoms with Crippen molar-refractivity contribution in [2.24, 2.45) is 4.99 Å². The Bertz CT molecular complexity index is 879. The summed E-state index contributed by atoms with van der Waals surface area (Å²) >= 11 is 0. The molecule has 0 aliphatic carbocycles. The number of aliphatic imine (C=N–C) groups is 1. The molecule has 1 heterocycles. The molecule has 0 radical (unpaired) electrons. The number of rotatable bonds is 7. The molecule has 0 spiro atoms. The zero-order valence-electron chi connectivity index (χ0n) is 16.1. The van der Waals surface area contributed by atoms with Crippen molar-refractivity contribution in [3.8, 4) is 0 Å². The van der Waals surface area contributed by atoms with Crippen LogP contribution < -0.4 is 15.4 Å². The topological polar surface area (TPSA) is 95.5 Å². The Morgan fingerprint density at radius 1 is 1.19 bits per heavy atom. The molecule has 0 aliphatic rings. The molecule has 0 atom stereocenters. The van der Waals surface area contributed by atoms with Crippen LogP contribution in [0.3, 0.4) is 0 Å². The minimum absolute atomic E-state index is 0. The molecule has 7 nitrogen and oxygen atoms in total. The number of guanidine groups is 1. The molecule has 0 amide bonds. The number of hydrogen-bond donors (Lipinski definition) is 3. The maximum atomic E-state index is 11.5. The predicted octanol–water partition coefficient (Wildman–Crippen LogP) is 2.24. The van der Waals surface area contributed by atoms with Gasteiger partial charge in [-0.2, -0.15) is 0 Å². The molecule has 0 bridgehead atoms. The fraction of sp³-hybridized carbons (Fsp3) is 0.444. The zero-order valence-corrected chi connectivity index (χ0v) is 19.3. The molecule has 0 aliphatic heterocycles. The first-order valence-electron chi connectivity index (χ1n) is 8.54. The van der Waals surface area contributed by atoms with E-state index in [-0.39, 0.29) is 24.0 Å². The van der Waals surface area contributed by atoms with E-state index in [1.54, 1.807) is 6.20 Å². The molecule has 0 fully saturated rings. The molecule has 1 aromatic heterocycles. The highest BCUT2D eigenvalue weighted by atomic mass is 127. The third-order valence-electron chi connectivity index (χ3n) is 3.65. The van der Waals surface area contributed by atoms with E-state index in [0.717, 1.165) is 22.7 Å². The van der Waals surface area contributed by atoms with Crippen molar-refractivity contribution in [3.05, 3.63) is 42.1 Å². The second kappa shape index (κ2) is 10.2. The van der Waals surface area contributed by atoms with Gasteiger partial charge in [0.1, 0.15) is 0 Å². The lowest BCUT2D eigenvalue weighted by molar-refractivity contribution is 0.446. The van der Waals surface area contributed by atoms with Gasteiger partial charge in [-0.15, -0.1) is 24.0 Å². The summed E-state index contributed by atoms with van der Waals surface area (Å²) in [4.78, 5) is 8.99. The standard InChI is InChI=1S/C18H27N5O2S.HI/c1-5-19-17(22-13-18(2,3)23-26(4,24)25)21-12-14-10-11-20-16-9-7-6-8-15(14)16;/h6-11,23H,5,12-13H2,1-4H3,(H2,19,21,22);1H. The molecular formula is C18H28IN5O2S. The van der Waals surface area contributed by atoms with E-state index in [4.69, 9.17) is 0 Å². The maximum Gasteiger partial charge on any atom is 0.209 e. The van der Waals surface area contributed by atoms with Gasteiger partial charge in [0.05, 0.1) is 18.3 Å². The van der Waals surface area contributed by atoms with Gasteiger partial charge < -0.3 is 10.6 Å². The molecule has 2 rings (SSSR count). The third-order valence-corrected chi connectivity index (χ3v) is 4.57. The Balaban J connectivity index is 0.00000364. The minimum atomic E-state index is -3.28. The Morgan fingerprint density at radius 3 is 2.56 bits per heavy atom. The van der Waals surface area contributed by atoms with Crippen LogP contribution in [0.15, 0.2) is 41.5 Å². The summed E-state index contributed by atoms with van der Waals surface area (Å²) in [5, 5.41) is 7.46. The maximum absolute atomic E-state index is 11.5. The second-order valence-corrected chi connectivity index (χ2v) is 8.54. The van der Waals surface area contributed by atoms with Crippen molar-refractivity contribution in [2.75, 3.05) is 19.3 Å². The van der Waals surface area contributed by atoms with Gasteiger partial charge >= 0.3 is 0 Å². The fourth-order valence-corrected chi connectivity index (χ4v) is 3.72. The van der Waals surface area contributed by atoms with Gasteiger partial charge in [0.15, 0.2) is 5.96 Å². The van der Waals surface area contributed by atoms with Crippen LogP contribution in [0.2, 0.25) is 0 Å². The number of sulfonamides is 1. The van der Waals surface area contributed by atoms with Crippen molar-refractivity contribution in [1.82, 2.24) is 20.3 Å². The Kier molecular flexibility index (Phi) is 8.89. The number of nitrogens with one attached hydrogen (secondary N) is 3. The number of halogens is 1. The number of pyridine rings is 1. The van der Waals surface area contributed by atoms with Gasteiger partial charge in [-0.3, -0.25) is 4.98 Å². The average Bonchev–Trinajstić information content (AvgIpc) is 2.55. The van der Waals surface area contributed by atoms with Gasteiger partial charge in [-0.05, 0) is 38.5 Å². The average molecular weight is 505 g/mol. The second-order valence-electron chi connectivity index (χ2n) is 6.79. The number of hydrogen-bond acceptors (Lipinski definition) is 4. The van der Waals surface area contributed by atoms with E-state index in [1.807, 2.05) is 51.1 Å². The van der Waals surface area contributed by atoms with Crippen molar-refractivity contribution in [3.63, 3.8) is 0 Å². The van der Waals surface area contributed by atoms with Crippen LogP contribution in [-0.2, 0) is 16.6 Å². The van der Waals surface area contributed by atoms with Gasteiger partial charge in [0, 0.05) is 30.2 Å². The summed E-state index contributed by atoms with van der Waals surface area (Å²) in [6.07, 6.45) is 2.94. The van der Waals surface area contributed by atoms with Gasteiger partial charge in [-0.1, -0.05) is 18.2 Å². The first-order chi connectivity index (χ1) is 12.2. The number of nitrogens with zero attached hydrogens (tertiary/aromatic N) is 2. The lowest BCUT2D eigenvalue weighted by atomic mass is 10.1. The van der Waals surface area contributed by atoms with E-state index in [1.165, 1.54) is 0 Å². The molecule has 0 saturated carbocycles. The number of benzene rings is 1. The summed E-state index contributed by atoms with van der Waals surface area (Å²) in [6, 6.07) is 9.92. The molecule has 0 unspecified atom stereocenters. The lowest BCUT2D eigenvalue weighted by Crippen LogP contribution is -2.53. The van der Waals surface area contributed by atoms with Crippen LogP contribution in [0, 0.1) is 0 Å². The van der Waals surface area contributed by atoms with E-state index >= 15 is 0 Å².